The van der Waals surface area contributed by atoms with Gasteiger partial charge in [0, 0.05) is 50.3 Å². The van der Waals surface area contributed by atoms with Gasteiger partial charge in [0.1, 0.15) is 30.0 Å². The smallest absolute Gasteiger partial charge is 0.350 e. The van der Waals surface area contributed by atoms with Crippen molar-refractivity contribution in [3.8, 4) is 0 Å². The fraction of sp³-hybridized carbons (Fsp3) is 0.446. The zero-order valence-corrected chi connectivity index (χ0v) is 43.8. The van der Waals surface area contributed by atoms with E-state index in [0.717, 1.165) is 30.5 Å². The van der Waals surface area contributed by atoms with Crippen molar-refractivity contribution in [2.24, 2.45) is 16.7 Å². The highest BCUT2D eigenvalue weighted by molar-refractivity contribution is 8.04. The molecule has 3 fully saturated rings. The van der Waals surface area contributed by atoms with E-state index in [1.165, 1.54) is 58.0 Å². The number of hydrogen-bond acceptors (Lipinski definition) is 18. The summed E-state index contributed by atoms with van der Waals surface area (Å²) < 4.78 is 36.8. The molecular weight excluding hydrogens is 1000 g/mol. The molecule has 76 heavy (non-hydrogen) atoms. The van der Waals surface area contributed by atoms with E-state index < -0.39 is 143 Å². The molecule has 0 aromatic heterocycles. The highest BCUT2D eigenvalue weighted by atomic mass is 32.2. The largest absolute Gasteiger partial charge is 0.455 e. The van der Waals surface area contributed by atoms with Gasteiger partial charge in [0.2, 0.25) is 6.10 Å². The average Bonchev–Trinajstić information content (AvgIpc) is 3.81. The lowest BCUT2D eigenvalue weighted by Gasteiger charge is -2.67. The molecule has 402 valence electrons. The number of ketones is 1. The van der Waals surface area contributed by atoms with Gasteiger partial charge in [-0.15, -0.1) is 11.8 Å². The molecule has 2 bridgehead atoms. The summed E-state index contributed by atoms with van der Waals surface area (Å²) in [6.07, 6.45) is -10.6. The number of imide groups is 1. The van der Waals surface area contributed by atoms with Gasteiger partial charge in [-0.1, -0.05) is 87.5 Å². The molecule has 2 heterocycles. The third-order valence-electron chi connectivity index (χ3n) is 15.5. The van der Waals surface area contributed by atoms with Crippen molar-refractivity contribution in [1.29, 1.82) is 0 Å². The SMILES string of the molecule is CCSC1=CC(=O)N(CCC(=O)O[C@@H](C(=O)O[C@H]2C[C@@]3(O)[C@@H](OC(=O)c4ccccc4)C4[C@](C)(C(=O)[C@H](OC(C)=O)C(=C2C)C3(C)C)[C@@H](O)C[C@H]2OC[C@@]42OC(C)=O)[C@@H](NC(=O)c2ccccc2)c2ccccc2)C1=O. The van der Waals surface area contributed by atoms with E-state index in [2.05, 4.69) is 5.32 Å². The Labute approximate surface area is 442 Å². The lowest BCUT2D eigenvalue weighted by molar-refractivity contribution is -0.346. The number of nitrogens with one attached hydrogen (secondary N) is 1. The van der Waals surface area contributed by atoms with E-state index in [-0.39, 0.29) is 45.8 Å². The third-order valence-corrected chi connectivity index (χ3v) is 16.4. The monoisotopic (exact) mass is 1060 g/mol. The molecule has 11 atom stereocenters. The molecule has 1 unspecified atom stereocenters. The molecule has 3 aromatic rings. The lowest BCUT2D eigenvalue weighted by atomic mass is 9.44. The number of Topliss-reactive ketones (excluding diaryl/α,β-unsaturated/α-hetero) is 1. The number of ether oxygens (including phenoxy) is 6. The quantitative estimate of drug-likeness (QED) is 0.0761. The van der Waals surface area contributed by atoms with Crippen molar-refractivity contribution >= 4 is 65.1 Å². The summed E-state index contributed by atoms with van der Waals surface area (Å²) in [5, 5.41) is 29.0. The molecular formula is C56H60N2O17S. The lowest BCUT2D eigenvalue weighted by Crippen LogP contribution is -2.82. The van der Waals surface area contributed by atoms with Crippen molar-refractivity contribution in [1.82, 2.24) is 10.2 Å². The Morgan fingerprint density at radius 3 is 2.05 bits per heavy atom. The molecule has 19 nitrogen and oxygen atoms in total. The highest BCUT2D eigenvalue weighted by Gasteiger charge is 2.78. The van der Waals surface area contributed by atoms with E-state index in [1.807, 2.05) is 0 Å². The molecule has 1 saturated heterocycles. The van der Waals surface area contributed by atoms with E-state index in [1.54, 1.807) is 73.7 Å². The van der Waals surface area contributed by atoms with Crippen LogP contribution in [-0.2, 0) is 62.0 Å². The summed E-state index contributed by atoms with van der Waals surface area (Å²) in [4.78, 5) is 127. The van der Waals surface area contributed by atoms with Crippen LogP contribution in [0.1, 0.15) is 100 Å². The van der Waals surface area contributed by atoms with Crippen molar-refractivity contribution in [3.63, 3.8) is 0 Å². The Morgan fingerprint density at radius 1 is 0.855 bits per heavy atom. The summed E-state index contributed by atoms with van der Waals surface area (Å²) in [5.74, 6) is -9.17. The number of hydrogen-bond donors (Lipinski definition) is 3. The standard InChI is InChI=1S/C56H60N2O17S/c1-8-76-37-26-40(62)58(50(37)66)25-24-41(63)73-45(43(33-18-12-9-13-19-33)57-49(65)34-20-14-10-15-21-34)52(68)72-36-28-56(69)48(74-51(67)35-22-16-11-17-23-35)46-54(7,38(61)27-39-55(46,29-70-39)75-32(4)60)47(64)44(71-31(3)59)42(30(36)2)53(56,5)6/h9-23,26,36,38-39,43-46,48,61,69H,8,24-25,27-29H2,1-7H3,(H,57,65)/t36-,38-,39+,43-,44+,45+,46?,48-,54+,55-,56+/m0/s1. The van der Waals surface area contributed by atoms with Crippen LogP contribution < -0.4 is 5.32 Å². The van der Waals surface area contributed by atoms with Crippen LogP contribution >= 0.6 is 11.8 Å². The number of nitrogens with zero attached hydrogens (tertiary/aromatic N) is 1. The van der Waals surface area contributed by atoms with E-state index in [9.17, 15) is 43.8 Å². The van der Waals surface area contributed by atoms with Crippen molar-refractivity contribution in [2.75, 3.05) is 18.9 Å². The van der Waals surface area contributed by atoms with Crippen LogP contribution in [0.5, 0.6) is 0 Å². The Kier molecular flexibility index (Phi) is 15.7. The van der Waals surface area contributed by atoms with Crippen molar-refractivity contribution in [3.05, 3.63) is 130 Å². The highest BCUT2D eigenvalue weighted by Crippen LogP contribution is 2.64. The number of amides is 3. The summed E-state index contributed by atoms with van der Waals surface area (Å²) >= 11 is 1.15. The number of fused-ring (bicyclic) bond motifs is 5. The molecule has 0 spiro atoms. The zero-order valence-electron chi connectivity index (χ0n) is 43.0. The predicted molar refractivity (Wildman–Crippen MR) is 269 cm³/mol. The summed E-state index contributed by atoms with van der Waals surface area (Å²) in [5.41, 5.74) is -7.83. The topological polar surface area (TPSA) is 265 Å². The summed E-state index contributed by atoms with van der Waals surface area (Å²) in [6.45, 7) is 9.08. The van der Waals surface area contributed by atoms with Gasteiger partial charge in [0.15, 0.2) is 17.5 Å². The maximum absolute atomic E-state index is 15.8. The Balaban J connectivity index is 1.27. The molecule has 2 saturated carbocycles. The Bertz CT molecular complexity index is 2890. The first-order valence-corrected chi connectivity index (χ1v) is 25.9. The number of aliphatic hydroxyl groups is 2. The zero-order chi connectivity index (χ0) is 55.1. The maximum Gasteiger partial charge on any atom is 0.350 e. The second-order valence-electron chi connectivity index (χ2n) is 20.3. The molecule has 3 aromatic carbocycles. The van der Waals surface area contributed by atoms with Gasteiger partial charge in [-0.05, 0) is 60.6 Å². The fourth-order valence-corrected chi connectivity index (χ4v) is 12.4. The molecule has 3 aliphatic carbocycles. The minimum absolute atomic E-state index is 0.0194. The van der Waals surface area contributed by atoms with Crippen molar-refractivity contribution < 1.29 is 81.8 Å². The first-order valence-electron chi connectivity index (χ1n) is 24.9. The Hall–Kier alpha value is -7.00. The van der Waals surface area contributed by atoms with Gasteiger partial charge < -0.3 is 44.0 Å². The van der Waals surface area contributed by atoms with Gasteiger partial charge in [-0.3, -0.25) is 38.5 Å². The number of rotatable bonds is 16. The number of aliphatic hydroxyl groups excluding tert-OH is 1. The van der Waals surface area contributed by atoms with E-state index >= 15 is 9.59 Å². The second kappa shape index (κ2) is 21.6. The molecule has 5 aliphatic rings. The maximum atomic E-state index is 15.8. The van der Waals surface area contributed by atoms with Crippen molar-refractivity contribution in [2.45, 2.75) is 122 Å². The second-order valence-corrected chi connectivity index (χ2v) is 21.6. The minimum atomic E-state index is -2.52. The average molecular weight is 1070 g/mol. The number of esters is 5. The third kappa shape index (κ3) is 9.87. The minimum Gasteiger partial charge on any atom is -0.455 e. The number of thioether (sulfide) groups is 1. The Morgan fingerprint density at radius 2 is 1.47 bits per heavy atom. The summed E-state index contributed by atoms with van der Waals surface area (Å²) in [6, 6.07) is 22.2. The normalized spacial score (nSPS) is 29.1. The molecule has 2 aliphatic heterocycles. The van der Waals surface area contributed by atoms with Crippen LogP contribution in [0.2, 0.25) is 0 Å². The van der Waals surface area contributed by atoms with Crippen LogP contribution in [0.3, 0.4) is 0 Å². The summed E-state index contributed by atoms with van der Waals surface area (Å²) in [7, 11) is 0. The molecule has 20 heteroatoms. The first kappa shape index (κ1) is 55.2. The van der Waals surface area contributed by atoms with E-state index in [4.69, 9.17) is 28.4 Å². The first-order chi connectivity index (χ1) is 36.0. The van der Waals surface area contributed by atoms with Gasteiger partial charge in [-0.25, -0.2) is 9.59 Å². The van der Waals surface area contributed by atoms with Crippen LogP contribution in [0, 0.1) is 16.7 Å². The number of benzene rings is 3. The fourth-order valence-electron chi connectivity index (χ4n) is 11.6. The van der Waals surface area contributed by atoms with Crippen LogP contribution in [-0.4, -0.2) is 135 Å². The van der Waals surface area contributed by atoms with Gasteiger partial charge in [0.25, 0.3) is 17.7 Å². The van der Waals surface area contributed by atoms with Gasteiger partial charge in [0.05, 0.1) is 40.9 Å². The number of carbonyl (C=O) groups excluding carboxylic acids is 9. The molecule has 8 rings (SSSR count). The molecule has 3 amide bonds. The molecule has 0 radical (unpaired) electrons. The van der Waals surface area contributed by atoms with Gasteiger partial charge in [-0.2, -0.15) is 0 Å². The van der Waals surface area contributed by atoms with Crippen LogP contribution in [0.25, 0.3) is 0 Å². The van der Waals surface area contributed by atoms with Crippen LogP contribution in [0.4, 0.5) is 0 Å². The van der Waals surface area contributed by atoms with Crippen LogP contribution in [0.15, 0.2) is 113 Å². The molecule has 3 N–H and O–H groups in total. The number of carbonyl (C=O) groups is 9. The van der Waals surface area contributed by atoms with Gasteiger partial charge >= 0.3 is 29.8 Å². The van der Waals surface area contributed by atoms with E-state index in [0.29, 0.717) is 5.75 Å². The predicted octanol–water partition coefficient (Wildman–Crippen LogP) is 4.68.